The maximum Gasteiger partial charge on any atom is 0.278 e. The van der Waals surface area contributed by atoms with Crippen molar-refractivity contribution in [2.24, 2.45) is 0 Å². The number of thioether (sulfide) groups is 1. The highest BCUT2D eigenvalue weighted by Gasteiger charge is 2.27. The highest BCUT2D eigenvalue weighted by Crippen LogP contribution is 2.42. The SMILES string of the molecule is COc1cccc(NC(=O)c2noc3c2CSc2ccccc2-3)c1. The third kappa shape index (κ3) is 2.55. The zero-order chi connectivity index (χ0) is 16.5. The first-order valence-corrected chi connectivity index (χ1v) is 8.41. The molecule has 1 aromatic heterocycles. The summed E-state index contributed by atoms with van der Waals surface area (Å²) in [4.78, 5) is 13.7. The zero-order valence-corrected chi connectivity index (χ0v) is 13.7. The third-order valence-corrected chi connectivity index (χ3v) is 4.93. The van der Waals surface area contributed by atoms with Gasteiger partial charge in [0.05, 0.1) is 7.11 Å². The van der Waals surface area contributed by atoms with Crippen LogP contribution in [0.1, 0.15) is 16.1 Å². The number of benzene rings is 2. The Hall–Kier alpha value is -2.73. The average molecular weight is 338 g/mol. The summed E-state index contributed by atoms with van der Waals surface area (Å²) in [5, 5.41) is 6.85. The summed E-state index contributed by atoms with van der Waals surface area (Å²) in [6.45, 7) is 0. The Morgan fingerprint density at radius 1 is 1.25 bits per heavy atom. The molecule has 1 aliphatic rings. The maximum absolute atomic E-state index is 12.6. The molecule has 0 saturated carbocycles. The van der Waals surface area contributed by atoms with Gasteiger partial charge in [0.25, 0.3) is 5.91 Å². The van der Waals surface area contributed by atoms with Crippen molar-refractivity contribution < 1.29 is 14.1 Å². The number of hydrogen-bond donors (Lipinski definition) is 1. The zero-order valence-electron chi connectivity index (χ0n) is 12.9. The van der Waals surface area contributed by atoms with Gasteiger partial charge in [0, 0.05) is 33.5 Å². The maximum atomic E-state index is 12.6. The smallest absolute Gasteiger partial charge is 0.278 e. The van der Waals surface area contributed by atoms with Crippen molar-refractivity contribution in [3.8, 4) is 17.1 Å². The number of rotatable bonds is 3. The Morgan fingerprint density at radius 3 is 3.00 bits per heavy atom. The summed E-state index contributed by atoms with van der Waals surface area (Å²) < 4.78 is 10.6. The lowest BCUT2D eigenvalue weighted by Crippen LogP contribution is -2.14. The molecule has 0 unspecified atom stereocenters. The van der Waals surface area contributed by atoms with Crippen LogP contribution in [-0.4, -0.2) is 18.2 Å². The molecule has 2 heterocycles. The van der Waals surface area contributed by atoms with Gasteiger partial charge in [-0.2, -0.15) is 0 Å². The number of fused-ring (bicyclic) bond motifs is 3. The van der Waals surface area contributed by atoms with Crippen LogP contribution in [0, 0.1) is 0 Å². The van der Waals surface area contributed by atoms with Crippen LogP contribution in [0.3, 0.4) is 0 Å². The number of methoxy groups -OCH3 is 1. The number of aromatic nitrogens is 1. The van der Waals surface area contributed by atoms with E-state index in [1.54, 1.807) is 31.0 Å². The molecule has 5 nitrogen and oxygen atoms in total. The van der Waals surface area contributed by atoms with Gasteiger partial charge in [0.1, 0.15) is 5.75 Å². The summed E-state index contributed by atoms with van der Waals surface area (Å²) in [7, 11) is 1.59. The summed E-state index contributed by atoms with van der Waals surface area (Å²) in [6, 6.07) is 15.2. The summed E-state index contributed by atoms with van der Waals surface area (Å²) in [5.74, 6) is 1.74. The van der Waals surface area contributed by atoms with Crippen LogP contribution in [0.15, 0.2) is 57.9 Å². The summed E-state index contributed by atoms with van der Waals surface area (Å²) >= 11 is 1.68. The molecule has 0 fully saturated rings. The van der Waals surface area contributed by atoms with E-state index in [2.05, 4.69) is 10.5 Å². The fourth-order valence-corrected chi connectivity index (χ4v) is 3.71. The number of hydrogen-bond acceptors (Lipinski definition) is 5. The van der Waals surface area contributed by atoms with Crippen molar-refractivity contribution in [2.45, 2.75) is 10.6 Å². The van der Waals surface area contributed by atoms with Gasteiger partial charge in [-0.3, -0.25) is 4.79 Å². The molecule has 0 bridgehead atoms. The van der Waals surface area contributed by atoms with Crippen LogP contribution in [-0.2, 0) is 5.75 Å². The molecule has 0 saturated heterocycles. The molecule has 1 N–H and O–H groups in total. The van der Waals surface area contributed by atoms with Crippen molar-refractivity contribution in [2.75, 3.05) is 12.4 Å². The fourth-order valence-electron chi connectivity index (χ4n) is 2.65. The highest BCUT2D eigenvalue weighted by atomic mass is 32.2. The first-order chi connectivity index (χ1) is 11.8. The van der Waals surface area contributed by atoms with Crippen molar-refractivity contribution in [3.05, 3.63) is 59.8 Å². The molecule has 120 valence electrons. The highest BCUT2D eigenvalue weighted by molar-refractivity contribution is 7.98. The van der Waals surface area contributed by atoms with E-state index in [0.717, 1.165) is 16.0 Å². The molecular weight excluding hydrogens is 324 g/mol. The lowest BCUT2D eigenvalue weighted by Gasteiger charge is -2.13. The lowest BCUT2D eigenvalue weighted by molar-refractivity contribution is 0.101. The van der Waals surface area contributed by atoms with Crippen LogP contribution in [0.5, 0.6) is 5.75 Å². The first kappa shape index (κ1) is 14.8. The van der Waals surface area contributed by atoms with E-state index in [-0.39, 0.29) is 5.91 Å². The minimum atomic E-state index is -0.284. The standard InChI is InChI=1S/C18H14N2O3S/c1-22-12-6-4-5-11(9-12)19-18(21)16-14-10-24-15-8-3-2-7-13(15)17(14)23-20-16/h2-9H,10H2,1H3,(H,19,21). The number of amides is 1. The number of nitrogens with one attached hydrogen (secondary N) is 1. The van der Waals surface area contributed by atoms with Crippen LogP contribution >= 0.6 is 11.8 Å². The number of carbonyl (C=O) groups is 1. The molecule has 1 amide bonds. The summed E-state index contributed by atoms with van der Waals surface area (Å²) in [6.07, 6.45) is 0. The second kappa shape index (κ2) is 6.05. The van der Waals surface area contributed by atoms with Gasteiger partial charge < -0.3 is 14.6 Å². The van der Waals surface area contributed by atoms with Gasteiger partial charge in [-0.05, 0) is 24.3 Å². The average Bonchev–Trinajstić information content (AvgIpc) is 3.06. The van der Waals surface area contributed by atoms with Gasteiger partial charge in [-0.15, -0.1) is 11.8 Å². The summed E-state index contributed by atoms with van der Waals surface area (Å²) in [5.41, 5.74) is 2.80. The Morgan fingerprint density at radius 2 is 2.12 bits per heavy atom. The molecule has 6 heteroatoms. The normalized spacial score (nSPS) is 12.2. The van der Waals surface area contributed by atoms with Crippen LogP contribution < -0.4 is 10.1 Å². The van der Waals surface area contributed by atoms with E-state index in [9.17, 15) is 4.79 Å². The second-order valence-corrected chi connectivity index (χ2v) is 6.33. The molecule has 0 spiro atoms. The molecule has 1 aliphatic heterocycles. The Labute approximate surface area is 143 Å². The quantitative estimate of drug-likeness (QED) is 0.775. The van der Waals surface area contributed by atoms with Gasteiger partial charge >= 0.3 is 0 Å². The lowest BCUT2D eigenvalue weighted by atomic mass is 10.1. The molecule has 2 aromatic carbocycles. The number of carbonyl (C=O) groups excluding carboxylic acids is 1. The van der Waals surface area contributed by atoms with E-state index in [1.807, 2.05) is 36.4 Å². The van der Waals surface area contributed by atoms with Crippen molar-refractivity contribution in [1.82, 2.24) is 5.16 Å². The van der Waals surface area contributed by atoms with Gasteiger partial charge in [-0.1, -0.05) is 23.4 Å². The first-order valence-electron chi connectivity index (χ1n) is 7.42. The monoisotopic (exact) mass is 338 g/mol. The van der Waals surface area contributed by atoms with E-state index < -0.39 is 0 Å². The van der Waals surface area contributed by atoms with E-state index in [0.29, 0.717) is 28.6 Å². The molecule has 0 radical (unpaired) electrons. The van der Waals surface area contributed by atoms with Crippen molar-refractivity contribution in [1.29, 1.82) is 0 Å². The van der Waals surface area contributed by atoms with Gasteiger partial charge in [-0.25, -0.2) is 0 Å². The Balaban J connectivity index is 1.64. The van der Waals surface area contributed by atoms with Crippen molar-refractivity contribution in [3.63, 3.8) is 0 Å². The van der Waals surface area contributed by atoms with E-state index >= 15 is 0 Å². The predicted molar refractivity (Wildman–Crippen MR) is 92.4 cm³/mol. The number of anilines is 1. The third-order valence-electron chi connectivity index (χ3n) is 3.83. The molecule has 4 rings (SSSR count). The number of ether oxygens (including phenoxy) is 1. The largest absolute Gasteiger partial charge is 0.497 e. The minimum absolute atomic E-state index is 0.284. The Kier molecular flexibility index (Phi) is 3.74. The molecule has 0 atom stereocenters. The van der Waals surface area contributed by atoms with Gasteiger partial charge in [0.2, 0.25) is 0 Å². The topological polar surface area (TPSA) is 64.4 Å². The van der Waals surface area contributed by atoms with Gasteiger partial charge in [0.15, 0.2) is 11.5 Å². The van der Waals surface area contributed by atoms with E-state index in [4.69, 9.17) is 9.26 Å². The Bertz CT molecular complexity index is 920. The van der Waals surface area contributed by atoms with Crippen LogP contribution in [0.2, 0.25) is 0 Å². The second-order valence-electron chi connectivity index (χ2n) is 5.31. The van der Waals surface area contributed by atoms with Crippen molar-refractivity contribution >= 4 is 23.4 Å². The van der Waals surface area contributed by atoms with E-state index in [1.165, 1.54) is 0 Å². The molecule has 0 aliphatic carbocycles. The fraction of sp³-hybridized carbons (Fsp3) is 0.111. The number of nitrogens with zero attached hydrogens (tertiary/aromatic N) is 1. The predicted octanol–water partition coefficient (Wildman–Crippen LogP) is 4.21. The van der Waals surface area contributed by atoms with Crippen LogP contribution in [0.25, 0.3) is 11.3 Å². The molecule has 24 heavy (non-hydrogen) atoms. The van der Waals surface area contributed by atoms with Crippen LogP contribution in [0.4, 0.5) is 5.69 Å². The molecule has 3 aromatic rings. The molecular formula is C18H14N2O3S. The minimum Gasteiger partial charge on any atom is -0.497 e.